The van der Waals surface area contributed by atoms with E-state index in [1.807, 2.05) is 46.7 Å². The number of rotatable bonds is 6. The Morgan fingerprint density at radius 3 is 2.79 bits per heavy atom. The molecule has 1 fully saturated rings. The summed E-state index contributed by atoms with van der Waals surface area (Å²) in [6.07, 6.45) is 2.11. The smallest absolute Gasteiger partial charge is 0.254 e. The number of hydrogen-bond acceptors (Lipinski definition) is 4. The van der Waals surface area contributed by atoms with Crippen LogP contribution in [0.25, 0.3) is 0 Å². The summed E-state index contributed by atoms with van der Waals surface area (Å²) in [5.41, 5.74) is 1.46. The number of carbonyl (C=O) groups excluding carboxylic acids is 2. The minimum Gasteiger partial charge on any atom is -0.376 e. The van der Waals surface area contributed by atoms with Crippen molar-refractivity contribution in [1.82, 2.24) is 10.2 Å². The van der Waals surface area contributed by atoms with Gasteiger partial charge in [-0.3, -0.25) is 9.59 Å². The molecule has 0 spiro atoms. The molecule has 0 aliphatic carbocycles. The molecule has 3 atom stereocenters. The fraction of sp³-hybridized carbons (Fsp3) is 0.478. The molecule has 2 amide bonds. The van der Waals surface area contributed by atoms with Gasteiger partial charge >= 0.3 is 0 Å². The van der Waals surface area contributed by atoms with Crippen molar-refractivity contribution < 1.29 is 14.3 Å². The summed E-state index contributed by atoms with van der Waals surface area (Å²) in [6, 6.07) is 11.3. The topological polar surface area (TPSA) is 58.6 Å². The predicted octanol–water partition coefficient (Wildman–Crippen LogP) is 3.98. The maximum absolute atomic E-state index is 13.5. The van der Waals surface area contributed by atoms with Crippen molar-refractivity contribution in [1.29, 1.82) is 0 Å². The lowest BCUT2D eigenvalue weighted by Crippen LogP contribution is -2.49. The zero-order valence-electron chi connectivity index (χ0n) is 17.0. The lowest BCUT2D eigenvalue weighted by atomic mass is 9.81. The predicted molar refractivity (Wildman–Crippen MR) is 114 cm³/mol. The number of carbonyl (C=O) groups is 2. The van der Waals surface area contributed by atoms with Crippen molar-refractivity contribution in [2.75, 3.05) is 19.7 Å². The molecule has 0 unspecified atom stereocenters. The number of fused-ring (bicyclic) bond motifs is 1. The van der Waals surface area contributed by atoms with Gasteiger partial charge in [0, 0.05) is 30.1 Å². The average Bonchev–Trinajstić information content (AvgIpc) is 3.42. The Balaban J connectivity index is 1.72. The van der Waals surface area contributed by atoms with Crippen molar-refractivity contribution in [2.45, 2.75) is 44.8 Å². The van der Waals surface area contributed by atoms with E-state index in [1.165, 1.54) is 0 Å². The number of thiophene rings is 1. The fourth-order valence-corrected chi connectivity index (χ4v) is 5.25. The van der Waals surface area contributed by atoms with Crippen LogP contribution >= 0.6 is 11.3 Å². The summed E-state index contributed by atoms with van der Waals surface area (Å²) >= 11 is 1.60. The Morgan fingerprint density at radius 2 is 2.10 bits per heavy atom. The first kappa shape index (κ1) is 20.1. The third kappa shape index (κ3) is 4.09. The number of hydrogen-bond donors (Lipinski definition) is 1. The first-order chi connectivity index (χ1) is 14.1. The van der Waals surface area contributed by atoms with E-state index in [4.69, 9.17) is 4.74 Å². The molecular weight excluding hydrogens is 384 g/mol. The van der Waals surface area contributed by atoms with Crippen molar-refractivity contribution in [3.05, 3.63) is 57.8 Å². The molecule has 0 bridgehead atoms. The highest BCUT2D eigenvalue weighted by molar-refractivity contribution is 7.10. The molecule has 5 nitrogen and oxygen atoms in total. The molecule has 0 radical (unpaired) electrons. The number of nitrogens with one attached hydrogen (secondary N) is 1. The first-order valence-electron chi connectivity index (χ1n) is 10.4. The van der Waals surface area contributed by atoms with E-state index in [0.29, 0.717) is 24.6 Å². The highest BCUT2D eigenvalue weighted by Crippen LogP contribution is 2.44. The van der Waals surface area contributed by atoms with Crippen molar-refractivity contribution >= 4 is 23.2 Å². The van der Waals surface area contributed by atoms with E-state index in [0.717, 1.165) is 29.9 Å². The quantitative estimate of drug-likeness (QED) is 0.781. The second-order valence-electron chi connectivity index (χ2n) is 8.26. The highest BCUT2D eigenvalue weighted by atomic mass is 32.1. The van der Waals surface area contributed by atoms with Crippen molar-refractivity contribution in [3.8, 4) is 0 Å². The Kier molecular flexibility index (Phi) is 6.01. The molecule has 1 aromatic heterocycles. The van der Waals surface area contributed by atoms with E-state index >= 15 is 0 Å². The number of nitrogens with zero attached hydrogens (tertiary/aromatic N) is 1. The van der Waals surface area contributed by atoms with Crippen molar-refractivity contribution in [3.63, 3.8) is 0 Å². The second kappa shape index (κ2) is 8.67. The molecule has 3 heterocycles. The van der Waals surface area contributed by atoms with E-state index in [-0.39, 0.29) is 24.0 Å². The standard InChI is InChI=1S/C23H28N2O3S/c1-15(2)14-25-21(19-10-6-12-29-19)20(17-8-3-4-9-18(17)23(25)27)22(26)24-13-16-7-5-11-28-16/h3-4,6,8-10,12,15-16,20-21H,5,7,11,13-14H2,1-2H3,(H,24,26)/t16-,20-,21+/m0/s1. The summed E-state index contributed by atoms with van der Waals surface area (Å²) in [5, 5.41) is 5.13. The van der Waals surface area contributed by atoms with E-state index < -0.39 is 5.92 Å². The second-order valence-corrected chi connectivity index (χ2v) is 9.24. The maximum atomic E-state index is 13.5. The molecule has 0 saturated carbocycles. The summed E-state index contributed by atoms with van der Waals surface area (Å²) in [4.78, 5) is 29.8. The molecule has 2 aliphatic rings. The van der Waals surface area contributed by atoms with Crippen molar-refractivity contribution in [2.24, 2.45) is 5.92 Å². The van der Waals surface area contributed by atoms with Crippen LogP contribution < -0.4 is 5.32 Å². The largest absolute Gasteiger partial charge is 0.376 e. The summed E-state index contributed by atoms with van der Waals surface area (Å²) in [6.45, 7) is 6.11. The fourth-order valence-electron chi connectivity index (χ4n) is 4.38. The van der Waals surface area contributed by atoms with Gasteiger partial charge in [-0.2, -0.15) is 0 Å². The van der Waals surface area contributed by atoms with Gasteiger partial charge in [0.2, 0.25) is 5.91 Å². The average molecular weight is 413 g/mol. The maximum Gasteiger partial charge on any atom is 0.254 e. The molecule has 2 aliphatic heterocycles. The molecule has 1 saturated heterocycles. The zero-order chi connectivity index (χ0) is 20.4. The Labute approximate surface area is 176 Å². The molecule has 4 rings (SSSR count). The molecule has 1 N–H and O–H groups in total. The van der Waals surface area contributed by atoms with E-state index in [9.17, 15) is 9.59 Å². The SMILES string of the molecule is CC(C)CN1C(=O)c2ccccc2[C@H](C(=O)NC[C@@H]2CCCO2)[C@H]1c1cccs1. The summed E-state index contributed by atoms with van der Waals surface area (Å²) < 4.78 is 5.67. The molecule has 1 aromatic carbocycles. The lowest BCUT2D eigenvalue weighted by molar-refractivity contribution is -0.124. The van der Waals surface area contributed by atoms with Gasteiger partial charge in [-0.15, -0.1) is 11.3 Å². The van der Waals surface area contributed by atoms with Crippen LogP contribution in [0.4, 0.5) is 0 Å². The van der Waals surface area contributed by atoms with Gasteiger partial charge in [-0.25, -0.2) is 0 Å². The Bertz CT molecular complexity index is 859. The van der Waals surface area contributed by atoms with Gasteiger partial charge in [0.1, 0.15) is 0 Å². The van der Waals surface area contributed by atoms with Crippen LogP contribution in [0.2, 0.25) is 0 Å². The normalized spacial score (nSPS) is 24.0. The minimum atomic E-state index is -0.428. The van der Waals surface area contributed by atoms with Crippen LogP contribution in [-0.2, 0) is 9.53 Å². The van der Waals surface area contributed by atoms with Crippen LogP contribution in [0.1, 0.15) is 59.4 Å². The van der Waals surface area contributed by atoms with Crippen LogP contribution in [0, 0.1) is 5.92 Å². The first-order valence-corrected chi connectivity index (χ1v) is 11.3. The van der Waals surface area contributed by atoms with Gasteiger partial charge < -0.3 is 15.0 Å². The van der Waals surface area contributed by atoms with Gasteiger partial charge in [0.15, 0.2) is 0 Å². The monoisotopic (exact) mass is 412 g/mol. The minimum absolute atomic E-state index is 0.0101. The Morgan fingerprint density at radius 1 is 1.28 bits per heavy atom. The highest BCUT2D eigenvalue weighted by Gasteiger charge is 2.44. The van der Waals surface area contributed by atoms with Gasteiger partial charge in [-0.05, 0) is 41.8 Å². The van der Waals surface area contributed by atoms with Crippen LogP contribution in [0.3, 0.4) is 0 Å². The zero-order valence-corrected chi connectivity index (χ0v) is 17.8. The third-order valence-corrected chi connectivity index (χ3v) is 6.59. The summed E-state index contributed by atoms with van der Waals surface area (Å²) in [7, 11) is 0. The third-order valence-electron chi connectivity index (χ3n) is 5.65. The van der Waals surface area contributed by atoms with E-state index in [1.54, 1.807) is 11.3 Å². The summed E-state index contributed by atoms with van der Waals surface area (Å²) in [5.74, 6) is -0.145. The number of amides is 2. The van der Waals surface area contributed by atoms with Gasteiger partial charge in [0.05, 0.1) is 18.1 Å². The lowest BCUT2D eigenvalue weighted by Gasteiger charge is -2.42. The molecule has 6 heteroatoms. The molecule has 154 valence electrons. The molecule has 2 aromatic rings. The number of ether oxygens (including phenoxy) is 1. The Hall–Kier alpha value is -2.18. The van der Waals surface area contributed by atoms with Crippen LogP contribution in [0.5, 0.6) is 0 Å². The molecular formula is C23H28N2O3S. The van der Waals surface area contributed by atoms with Gasteiger partial charge in [0.25, 0.3) is 5.91 Å². The number of benzene rings is 1. The van der Waals surface area contributed by atoms with E-state index in [2.05, 4.69) is 19.2 Å². The van der Waals surface area contributed by atoms with Crippen LogP contribution in [0.15, 0.2) is 41.8 Å². The van der Waals surface area contributed by atoms with Crippen LogP contribution in [-0.4, -0.2) is 42.5 Å². The van der Waals surface area contributed by atoms with Gasteiger partial charge in [-0.1, -0.05) is 38.1 Å². The molecule has 29 heavy (non-hydrogen) atoms.